The summed E-state index contributed by atoms with van der Waals surface area (Å²) in [4.78, 5) is 24.3. The number of carbonyl (C=O) groups excluding carboxylic acids is 1. The number of hydrogen-bond acceptors (Lipinski definition) is 6. The largest absolute Gasteiger partial charge is 0.468 e. The SMILES string of the molecule is COc1nc2cc(F)c(N3CCN(C4CN(C)C4)CC3)cc2n1C(=O)NCCCc1ccccc1. The third kappa shape index (κ3) is 4.97. The standard InChI is InChI=1S/C26H33FN6O2/c1-30-17-20(18-30)31-11-13-32(14-12-31)23-16-24-22(15-21(23)27)29-26(35-2)33(24)25(34)28-10-6-9-19-7-4-3-5-8-19/h3-5,7-8,15-16,20H,6,9-14,17-18H2,1-2H3,(H,28,34). The van der Waals surface area contributed by atoms with Gasteiger partial charge in [-0.05, 0) is 31.5 Å². The van der Waals surface area contributed by atoms with Gasteiger partial charge in [0.2, 0.25) is 0 Å². The molecule has 3 aromatic rings. The molecule has 2 aromatic carbocycles. The van der Waals surface area contributed by atoms with Crippen LogP contribution in [0.1, 0.15) is 12.0 Å². The Kier molecular flexibility index (Phi) is 6.88. The maximum atomic E-state index is 15.1. The number of rotatable bonds is 7. The third-order valence-corrected chi connectivity index (χ3v) is 7.06. The van der Waals surface area contributed by atoms with Gasteiger partial charge in [-0.25, -0.2) is 13.8 Å². The first-order chi connectivity index (χ1) is 17.0. The minimum Gasteiger partial charge on any atom is -0.468 e. The molecule has 1 amide bonds. The van der Waals surface area contributed by atoms with Crippen molar-refractivity contribution in [3.05, 3.63) is 53.8 Å². The molecule has 0 aliphatic carbocycles. The van der Waals surface area contributed by atoms with Crippen molar-refractivity contribution in [2.24, 2.45) is 0 Å². The molecule has 1 N–H and O–H groups in total. The highest BCUT2D eigenvalue weighted by Crippen LogP contribution is 2.30. The Balaban J connectivity index is 1.29. The zero-order chi connectivity index (χ0) is 24.4. The quantitative estimate of drug-likeness (QED) is 0.525. The van der Waals surface area contributed by atoms with E-state index in [1.165, 1.54) is 23.3 Å². The number of likely N-dealkylation sites (tertiary alicyclic amines) is 1. The fourth-order valence-corrected chi connectivity index (χ4v) is 5.08. The normalized spacial score (nSPS) is 17.5. The fraction of sp³-hybridized carbons (Fsp3) is 0.462. The summed E-state index contributed by atoms with van der Waals surface area (Å²) in [6, 6.07) is 13.7. The zero-order valence-corrected chi connectivity index (χ0v) is 20.4. The summed E-state index contributed by atoms with van der Waals surface area (Å²) in [5.74, 6) is -0.329. The van der Waals surface area contributed by atoms with Crippen LogP contribution in [0.15, 0.2) is 42.5 Å². The molecule has 0 saturated carbocycles. The highest BCUT2D eigenvalue weighted by molar-refractivity contribution is 5.92. The molecular weight excluding hydrogens is 447 g/mol. The number of nitrogens with zero attached hydrogens (tertiary/aromatic N) is 5. The van der Waals surface area contributed by atoms with Crippen molar-refractivity contribution in [1.29, 1.82) is 0 Å². The third-order valence-electron chi connectivity index (χ3n) is 7.06. The fourth-order valence-electron chi connectivity index (χ4n) is 5.08. The van der Waals surface area contributed by atoms with Crippen molar-refractivity contribution in [2.45, 2.75) is 18.9 Å². The number of amides is 1. The number of imidazole rings is 1. The van der Waals surface area contributed by atoms with Crippen LogP contribution in [0.5, 0.6) is 6.01 Å². The molecule has 0 bridgehead atoms. The number of aromatic nitrogens is 2. The van der Waals surface area contributed by atoms with Gasteiger partial charge in [0.1, 0.15) is 5.82 Å². The number of halogens is 1. The second kappa shape index (κ2) is 10.2. The lowest BCUT2D eigenvalue weighted by Crippen LogP contribution is -2.62. The second-order valence-corrected chi connectivity index (χ2v) is 9.45. The second-order valence-electron chi connectivity index (χ2n) is 9.45. The molecule has 0 spiro atoms. The van der Waals surface area contributed by atoms with E-state index in [4.69, 9.17) is 4.74 Å². The van der Waals surface area contributed by atoms with Crippen LogP contribution in [-0.2, 0) is 6.42 Å². The minimum absolute atomic E-state index is 0.149. The lowest BCUT2D eigenvalue weighted by molar-refractivity contribution is 0.0487. The summed E-state index contributed by atoms with van der Waals surface area (Å²) in [6.45, 7) is 6.02. The first-order valence-electron chi connectivity index (χ1n) is 12.3. The highest BCUT2D eigenvalue weighted by Gasteiger charge is 2.32. The number of methoxy groups -OCH3 is 1. The van der Waals surface area contributed by atoms with Gasteiger partial charge in [-0.1, -0.05) is 30.3 Å². The summed E-state index contributed by atoms with van der Waals surface area (Å²) in [6.07, 6.45) is 1.69. The minimum atomic E-state index is -0.329. The Labute approximate surface area is 205 Å². The van der Waals surface area contributed by atoms with E-state index in [1.54, 1.807) is 6.07 Å². The first kappa shape index (κ1) is 23.6. The van der Waals surface area contributed by atoms with Crippen molar-refractivity contribution in [2.75, 3.05) is 64.9 Å². The molecule has 5 rings (SSSR count). The summed E-state index contributed by atoms with van der Waals surface area (Å²) < 4.78 is 21.9. The molecule has 0 unspecified atom stereocenters. The van der Waals surface area contributed by atoms with Gasteiger partial charge in [0, 0.05) is 57.9 Å². The predicted molar refractivity (Wildman–Crippen MR) is 135 cm³/mol. The van der Waals surface area contributed by atoms with Gasteiger partial charge in [-0.3, -0.25) is 4.90 Å². The molecule has 2 saturated heterocycles. The molecule has 1 aromatic heterocycles. The number of fused-ring (bicyclic) bond motifs is 1. The van der Waals surface area contributed by atoms with E-state index in [2.05, 4.69) is 44.2 Å². The number of ether oxygens (including phenoxy) is 1. The Hall–Kier alpha value is -3.17. The number of hydrogen-bond donors (Lipinski definition) is 1. The average molecular weight is 481 g/mol. The average Bonchev–Trinajstić information content (AvgIpc) is 3.22. The molecule has 186 valence electrons. The molecule has 3 heterocycles. The van der Waals surface area contributed by atoms with Crippen molar-refractivity contribution in [1.82, 2.24) is 24.7 Å². The van der Waals surface area contributed by atoms with Gasteiger partial charge < -0.3 is 19.9 Å². The van der Waals surface area contributed by atoms with Crippen LogP contribution in [0.25, 0.3) is 11.0 Å². The molecule has 9 heteroatoms. The number of carbonyl (C=O) groups is 1. The van der Waals surface area contributed by atoms with Crippen molar-refractivity contribution >= 4 is 22.8 Å². The van der Waals surface area contributed by atoms with Gasteiger partial charge >= 0.3 is 12.0 Å². The van der Waals surface area contributed by atoms with E-state index < -0.39 is 0 Å². The summed E-state index contributed by atoms with van der Waals surface area (Å²) >= 11 is 0. The van der Waals surface area contributed by atoms with Gasteiger partial charge in [-0.15, -0.1) is 0 Å². The zero-order valence-electron chi connectivity index (χ0n) is 20.4. The number of nitrogens with one attached hydrogen (secondary N) is 1. The number of benzene rings is 2. The number of anilines is 1. The molecule has 8 nitrogen and oxygen atoms in total. The van der Waals surface area contributed by atoms with Crippen LogP contribution in [-0.4, -0.2) is 91.4 Å². The Morgan fingerprint density at radius 2 is 1.89 bits per heavy atom. The van der Waals surface area contributed by atoms with Crippen LogP contribution < -0.4 is 15.0 Å². The van der Waals surface area contributed by atoms with Crippen LogP contribution in [0.4, 0.5) is 14.9 Å². The van der Waals surface area contributed by atoms with E-state index in [0.29, 0.717) is 29.3 Å². The maximum Gasteiger partial charge on any atom is 0.330 e. The Morgan fingerprint density at radius 1 is 1.14 bits per heavy atom. The Bertz CT molecular complexity index is 1170. The molecular formula is C26H33FN6O2. The first-order valence-corrected chi connectivity index (χ1v) is 12.3. The maximum absolute atomic E-state index is 15.1. The van der Waals surface area contributed by atoms with E-state index in [0.717, 1.165) is 52.1 Å². The van der Waals surface area contributed by atoms with Gasteiger partial charge in [0.25, 0.3) is 0 Å². The molecule has 2 aliphatic rings. The van der Waals surface area contributed by atoms with Crippen LogP contribution in [0.2, 0.25) is 0 Å². The molecule has 2 aliphatic heterocycles. The summed E-state index contributed by atoms with van der Waals surface area (Å²) in [5.41, 5.74) is 2.68. The van der Waals surface area contributed by atoms with Crippen molar-refractivity contribution < 1.29 is 13.9 Å². The van der Waals surface area contributed by atoms with Crippen molar-refractivity contribution in [3.8, 4) is 6.01 Å². The van der Waals surface area contributed by atoms with E-state index in [1.807, 2.05) is 18.2 Å². The van der Waals surface area contributed by atoms with E-state index in [-0.39, 0.29) is 17.9 Å². The summed E-state index contributed by atoms with van der Waals surface area (Å²) in [7, 11) is 3.60. The lowest BCUT2D eigenvalue weighted by atomic mass is 10.1. The van der Waals surface area contributed by atoms with Crippen LogP contribution >= 0.6 is 0 Å². The number of likely N-dealkylation sites (N-methyl/N-ethyl adjacent to an activating group) is 1. The monoisotopic (exact) mass is 480 g/mol. The predicted octanol–water partition coefficient (Wildman–Crippen LogP) is 2.81. The van der Waals surface area contributed by atoms with Crippen LogP contribution in [0, 0.1) is 5.82 Å². The van der Waals surface area contributed by atoms with E-state index >= 15 is 4.39 Å². The van der Waals surface area contributed by atoms with Gasteiger partial charge in [-0.2, -0.15) is 4.98 Å². The molecule has 0 radical (unpaired) electrons. The van der Waals surface area contributed by atoms with Crippen LogP contribution in [0.3, 0.4) is 0 Å². The smallest absolute Gasteiger partial charge is 0.330 e. The topological polar surface area (TPSA) is 65.9 Å². The lowest BCUT2D eigenvalue weighted by Gasteiger charge is -2.47. The Morgan fingerprint density at radius 3 is 2.57 bits per heavy atom. The van der Waals surface area contributed by atoms with Gasteiger partial charge in [0.15, 0.2) is 0 Å². The molecule has 35 heavy (non-hydrogen) atoms. The number of aryl methyl sites for hydroxylation is 1. The number of piperazine rings is 1. The molecule has 0 atom stereocenters. The molecule has 2 fully saturated rings. The van der Waals surface area contributed by atoms with E-state index in [9.17, 15) is 4.79 Å². The van der Waals surface area contributed by atoms with Crippen molar-refractivity contribution in [3.63, 3.8) is 0 Å². The summed E-state index contributed by atoms with van der Waals surface area (Å²) in [5, 5.41) is 2.96. The van der Waals surface area contributed by atoms with Gasteiger partial charge in [0.05, 0.1) is 23.8 Å². The highest BCUT2D eigenvalue weighted by atomic mass is 19.1.